The number of nitrogens with one attached hydrogen (secondary N) is 3. The molecule has 1 aromatic carbocycles. The fourth-order valence-electron chi connectivity index (χ4n) is 5.29. The number of fused-ring (bicyclic) bond motifs is 1. The van der Waals surface area contributed by atoms with E-state index in [-0.39, 0.29) is 12.1 Å². The lowest BCUT2D eigenvalue weighted by Gasteiger charge is -2.35. The number of allylic oxidation sites excluding steroid dienone is 1. The van der Waals surface area contributed by atoms with Gasteiger partial charge < -0.3 is 26.0 Å². The smallest absolute Gasteiger partial charge is 0.278 e. The molecule has 220 valence electrons. The number of benzene rings is 1. The summed E-state index contributed by atoms with van der Waals surface area (Å²) in [5.41, 5.74) is 1.80. The van der Waals surface area contributed by atoms with Crippen LogP contribution in [0.2, 0.25) is 0 Å². The molecule has 0 amide bonds. The highest BCUT2D eigenvalue weighted by molar-refractivity contribution is 5.88. The van der Waals surface area contributed by atoms with E-state index < -0.39 is 5.60 Å². The van der Waals surface area contributed by atoms with Crippen molar-refractivity contribution in [2.24, 2.45) is 0 Å². The van der Waals surface area contributed by atoms with Crippen molar-refractivity contribution in [3.8, 4) is 5.82 Å². The fraction of sp³-hybridized carbons (Fsp3) is 0.387. The van der Waals surface area contributed by atoms with Gasteiger partial charge >= 0.3 is 0 Å². The lowest BCUT2D eigenvalue weighted by Crippen LogP contribution is -2.42. The number of aliphatic hydroxyl groups is 1. The number of piperidine rings is 1. The van der Waals surface area contributed by atoms with Crippen molar-refractivity contribution < 1.29 is 5.11 Å². The zero-order valence-electron chi connectivity index (χ0n) is 24.6. The average Bonchev–Trinajstić information content (AvgIpc) is 3.24. The van der Waals surface area contributed by atoms with Crippen LogP contribution in [0.25, 0.3) is 16.9 Å². The molecule has 0 spiro atoms. The highest BCUT2D eigenvalue weighted by Crippen LogP contribution is 2.26. The Morgan fingerprint density at radius 1 is 1.19 bits per heavy atom. The summed E-state index contributed by atoms with van der Waals surface area (Å²) in [5.74, 6) is 0.734. The van der Waals surface area contributed by atoms with Gasteiger partial charge in [0, 0.05) is 54.5 Å². The monoisotopic (exact) mass is 569 g/mol. The van der Waals surface area contributed by atoms with E-state index in [0.29, 0.717) is 40.6 Å². The van der Waals surface area contributed by atoms with Gasteiger partial charge in [0.2, 0.25) is 5.95 Å². The third-order valence-electron chi connectivity index (χ3n) is 7.64. The lowest BCUT2D eigenvalue weighted by atomic mass is 10.0. The van der Waals surface area contributed by atoms with Gasteiger partial charge in [-0.25, -0.2) is 19.3 Å². The largest absolute Gasteiger partial charge is 0.384 e. The summed E-state index contributed by atoms with van der Waals surface area (Å²) in [6, 6.07) is 12.0. The molecule has 0 saturated carbocycles. The minimum Gasteiger partial charge on any atom is -0.384 e. The first-order valence-corrected chi connectivity index (χ1v) is 14.3. The number of aromatic nitrogens is 5. The Morgan fingerprint density at radius 2 is 1.95 bits per heavy atom. The van der Waals surface area contributed by atoms with Crippen molar-refractivity contribution >= 4 is 34.6 Å². The van der Waals surface area contributed by atoms with Gasteiger partial charge in [0.05, 0.1) is 12.2 Å². The summed E-state index contributed by atoms with van der Waals surface area (Å²) < 4.78 is 3.12. The maximum Gasteiger partial charge on any atom is 0.278 e. The van der Waals surface area contributed by atoms with E-state index in [1.54, 1.807) is 42.8 Å². The maximum atomic E-state index is 13.3. The van der Waals surface area contributed by atoms with Gasteiger partial charge in [-0.3, -0.25) is 4.79 Å². The molecule has 1 aliphatic heterocycles. The second-order valence-corrected chi connectivity index (χ2v) is 11.5. The molecule has 0 aliphatic carbocycles. The fourth-order valence-corrected chi connectivity index (χ4v) is 5.29. The second kappa shape index (κ2) is 11.9. The molecule has 0 radical (unpaired) electrons. The molecule has 1 aliphatic rings. The van der Waals surface area contributed by atoms with E-state index in [4.69, 9.17) is 10.4 Å². The Bertz CT molecular complexity index is 1660. The first kappa shape index (κ1) is 29.2. The van der Waals surface area contributed by atoms with E-state index >= 15 is 0 Å². The molecule has 0 unspecified atom stereocenters. The first-order chi connectivity index (χ1) is 20.1. The van der Waals surface area contributed by atoms with Crippen LogP contribution < -0.4 is 16.2 Å². The van der Waals surface area contributed by atoms with Crippen molar-refractivity contribution in [1.82, 2.24) is 29.2 Å². The molecule has 0 atom stereocenters. The molecule has 4 aromatic rings. The molecule has 4 N–H and O–H groups in total. The number of pyridine rings is 1. The Balaban J connectivity index is 1.45. The van der Waals surface area contributed by atoms with Crippen LogP contribution >= 0.6 is 0 Å². The van der Waals surface area contributed by atoms with Crippen LogP contribution in [0, 0.1) is 5.41 Å². The maximum absolute atomic E-state index is 13.3. The number of hydrogen-bond acceptors (Lipinski definition) is 9. The summed E-state index contributed by atoms with van der Waals surface area (Å²) in [4.78, 5) is 29.5. The zero-order chi connectivity index (χ0) is 30.0. The van der Waals surface area contributed by atoms with Crippen molar-refractivity contribution in [3.63, 3.8) is 0 Å². The van der Waals surface area contributed by atoms with Gasteiger partial charge in [0.25, 0.3) is 5.56 Å². The van der Waals surface area contributed by atoms with Gasteiger partial charge in [-0.1, -0.05) is 12.1 Å². The molecular weight excluding hydrogens is 530 g/mol. The van der Waals surface area contributed by atoms with Crippen LogP contribution in [0.5, 0.6) is 0 Å². The minimum atomic E-state index is -1.16. The van der Waals surface area contributed by atoms with E-state index in [0.717, 1.165) is 42.9 Å². The SMILES string of the molecule is C=CCn1c(=O)c2cnc(Nc3ccc(NC4CCN(C(C)C)CC4)c(C=N)c3)nc2n1-c1cccc(C(C)(C)O)n1. The van der Waals surface area contributed by atoms with Crippen LogP contribution in [0.1, 0.15) is 51.8 Å². The number of anilines is 3. The summed E-state index contributed by atoms with van der Waals surface area (Å²) in [7, 11) is 0. The Morgan fingerprint density at radius 3 is 2.62 bits per heavy atom. The highest BCUT2D eigenvalue weighted by atomic mass is 16.3. The molecule has 42 heavy (non-hydrogen) atoms. The minimum absolute atomic E-state index is 0.236. The molecule has 3 aromatic heterocycles. The molecule has 1 saturated heterocycles. The summed E-state index contributed by atoms with van der Waals surface area (Å²) in [5, 5.41) is 25.7. The molecule has 11 heteroatoms. The molecule has 11 nitrogen and oxygen atoms in total. The Kier molecular flexibility index (Phi) is 8.24. The number of rotatable bonds is 10. The molecule has 4 heterocycles. The summed E-state index contributed by atoms with van der Waals surface area (Å²) in [6.45, 7) is 13.9. The number of likely N-dealkylation sites (tertiary alicyclic amines) is 1. The van der Waals surface area contributed by atoms with Crippen LogP contribution in [0.4, 0.5) is 17.3 Å². The van der Waals surface area contributed by atoms with E-state index in [2.05, 4.69) is 45.9 Å². The van der Waals surface area contributed by atoms with Gasteiger partial charge in [0.1, 0.15) is 11.0 Å². The second-order valence-electron chi connectivity index (χ2n) is 11.5. The summed E-state index contributed by atoms with van der Waals surface area (Å²) >= 11 is 0. The lowest BCUT2D eigenvalue weighted by molar-refractivity contribution is 0.0738. The van der Waals surface area contributed by atoms with Gasteiger partial charge in [-0.05, 0) is 70.9 Å². The van der Waals surface area contributed by atoms with E-state index in [9.17, 15) is 9.90 Å². The zero-order valence-corrected chi connectivity index (χ0v) is 24.6. The topological polar surface area (TPSA) is 137 Å². The standard InChI is InChI=1S/C31H39N9O2/c1-6-14-39-29(41)24-19-33-30(37-28(24)40(39)27-9-7-8-26(36-27)31(4,5)42)35-23-10-11-25(21(17-23)18-32)34-22-12-15-38(16-13-22)20(2)3/h6-11,17-20,22,32,34,42H,1,12-16H2,2-5H3,(H,33,35,37). The van der Waals surface area contributed by atoms with E-state index in [1.165, 1.54) is 17.1 Å². The third-order valence-corrected chi connectivity index (χ3v) is 7.64. The third kappa shape index (κ3) is 5.97. The highest BCUT2D eigenvalue weighted by Gasteiger charge is 2.23. The molecule has 5 rings (SSSR count). The average molecular weight is 570 g/mol. The molecule has 1 fully saturated rings. The predicted molar refractivity (Wildman–Crippen MR) is 167 cm³/mol. The Labute approximate surface area is 245 Å². The normalized spacial score (nSPS) is 14.8. The summed E-state index contributed by atoms with van der Waals surface area (Å²) in [6.07, 6.45) is 6.59. The number of nitrogens with zero attached hydrogens (tertiary/aromatic N) is 6. The molecular formula is C31H39N9O2. The van der Waals surface area contributed by atoms with Crippen molar-refractivity contribution in [3.05, 3.63) is 76.9 Å². The van der Waals surface area contributed by atoms with Crippen LogP contribution in [0.3, 0.4) is 0 Å². The van der Waals surface area contributed by atoms with Crippen LogP contribution in [-0.2, 0) is 12.1 Å². The van der Waals surface area contributed by atoms with Crippen molar-refractivity contribution in [2.75, 3.05) is 23.7 Å². The van der Waals surface area contributed by atoms with E-state index in [1.807, 2.05) is 18.2 Å². The molecule has 0 bridgehead atoms. The van der Waals surface area contributed by atoms with Crippen LogP contribution in [-0.4, -0.2) is 65.7 Å². The number of hydrogen-bond donors (Lipinski definition) is 4. The van der Waals surface area contributed by atoms with Crippen LogP contribution in [0.15, 0.2) is 60.0 Å². The van der Waals surface area contributed by atoms with Gasteiger partial charge in [0.15, 0.2) is 11.5 Å². The van der Waals surface area contributed by atoms with Crippen molar-refractivity contribution in [2.45, 2.75) is 64.8 Å². The quantitative estimate of drug-likeness (QED) is 0.163. The van der Waals surface area contributed by atoms with Gasteiger partial charge in [-0.2, -0.15) is 4.98 Å². The Hall–Kier alpha value is -4.35. The van der Waals surface area contributed by atoms with Crippen molar-refractivity contribution in [1.29, 1.82) is 5.41 Å². The first-order valence-electron chi connectivity index (χ1n) is 14.3. The predicted octanol–water partition coefficient (Wildman–Crippen LogP) is 4.42. The van der Waals surface area contributed by atoms with Gasteiger partial charge in [-0.15, -0.1) is 6.58 Å².